The number of methoxy groups -OCH3 is 1. The molecule has 1 saturated carbocycles. The first-order valence-electron chi connectivity index (χ1n) is 12.5. The van der Waals surface area contributed by atoms with E-state index >= 15 is 0 Å². The number of aryl methyl sites for hydroxylation is 2. The van der Waals surface area contributed by atoms with Gasteiger partial charge in [0.2, 0.25) is 5.88 Å². The lowest BCUT2D eigenvalue weighted by molar-refractivity contribution is -0.139. The summed E-state index contributed by atoms with van der Waals surface area (Å²) >= 11 is 0. The average molecular weight is 482 g/mol. The predicted molar refractivity (Wildman–Crippen MR) is 133 cm³/mol. The number of carbonyl (C=O) groups is 2. The van der Waals surface area contributed by atoms with Crippen LogP contribution in [0.25, 0.3) is 0 Å². The van der Waals surface area contributed by atoms with E-state index in [9.17, 15) is 14.7 Å². The fourth-order valence-corrected chi connectivity index (χ4v) is 4.49. The topological polar surface area (TPSA) is 117 Å². The number of hydrogen-bond donors (Lipinski definition) is 3. The van der Waals surface area contributed by atoms with Crippen LogP contribution in [-0.2, 0) is 17.6 Å². The zero-order valence-corrected chi connectivity index (χ0v) is 20.3. The molecule has 9 nitrogen and oxygen atoms in total. The summed E-state index contributed by atoms with van der Waals surface area (Å²) in [5.74, 6) is -0.198. The number of hydrogen-bond acceptors (Lipinski definition) is 7. The van der Waals surface area contributed by atoms with Crippen molar-refractivity contribution < 1.29 is 19.4 Å². The summed E-state index contributed by atoms with van der Waals surface area (Å²) < 4.78 is 5.05. The highest BCUT2D eigenvalue weighted by Crippen LogP contribution is 2.27. The number of rotatable bonds is 13. The molecule has 2 aromatic heterocycles. The Hall–Kier alpha value is -3.20. The second kappa shape index (κ2) is 12.0. The van der Waals surface area contributed by atoms with Gasteiger partial charge in [0.1, 0.15) is 17.6 Å². The number of aromatic nitrogens is 2. The number of nitrogens with zero attached hydrogens (tertiary/aromatic N) is 3. The molecular weight excluding hydrogens is 446 g/mol. The summed E-state index contributed by atoms with van der Waals surface area (Å²) in [5, 5.41) is 15.7. The summed E-state index contributed by atoms with van der Waals surface area (Å²) in [5.41, 5.74) is 2.57. The van der Waals surface area contributed by atoms with Crippen LogP contribution < -0.4 is 15.4 Å². The summed E-state index contributed by atoms with van der Waals surface area (Å²) in [6, 6.07) is 8.72. The van der Waals surface area contributed by atoms with Crippen LogP contribution >= 0.6 is 0 Å². The molecule has 9 heteroatoms. The largest absolute Gasteiger partial charge is 0.481 e. The molecule has 3 N–H and O–H groups in total. The third-order valence-electron chi connectivity index (χ3n) is 6.62. The molecule has 0 aromatic carbocycles. The molecule has 188 valence electrons. The quantitative estimate of drug-likeness (QED) is 0.374. The summed E-state index contributed by atoms with van der Waals surface area (Å²) in [6.45, 7) is 2.55. The normalized spacial score (nSPS) is 15.7. The van der Waals surface area contributed by atoms with Gasteiger partial charge in [0.15, 0.2) is 0 Å². The summed E-state index contributed by atoms with van der Waals surface area (Å²) in [4.78, 5) is 35.6. The van der Waals surface area contributed by atoms with Crippen LogP contribution in [0, 0.1) is 0 Å². The van der Waals surface area contributed by atoms with Crippen molar-refractivity contribution in [2.24, 2.45) is 0 Å². The fraction of sp³-hybridized carbons (Fsp3) is 0.538. The molecule has 0 saturated heterocycles. The van der Waals surface area contributed by atoms with Gasteiger partial charge >= 0.3 is 5.97 Å². The zero-order chi connectivity index (χ0) is 24.6. The Morgan fingerprint density at radius 2 is 2.06 bits per heavy atom. The van der Waals surface area contributed by atoms with Gasteiger partial charge in [-0.15, -0.1) is 0 Å². The van der Waals surface area contributed by atoms with Crippen LogP contribution in [0.3, 0.4) is 0 Å². The lowest BCUT2D eigenvalue weighted by Gasteiger charge is -2.24. The first-order chi connectivity index (χ1) is 17.0. The van der Waals surface area contributed by atoms with Crippen LogP contribution in [0.15, 0.2) is 30.3 Å². The van der Waals surface area contributed by atoms with Crippen LogP contribution in [0.5, 0.6) is 5.88 Å². The van der Waals surface area contributed by atoms with E-state index in [1.165, 1.54) is 12.7 Å². The first kappa shape index (κ1) is 24.9. The molecule has 1 amide bonds. The SMILES string of the molecule is COc1cccc(C(=O)N[C@@H](CCN(CCCCc2ccc3c(n2)NCCC3)C2CC2)C(=O)O)n1. The molecule has 0 spiro atoms. The van der Waals surface area contributed by atoms with E-state index in [0.29, 0.717) is 24.9 Å². The van der Waals surface area contributed by atoms with Crippen molar-refractivity contribution in [2.45, 2.75) is 63.5 Å². The maximum atomic E-state index is 12.5. The van der Waals surface area contributed by atoms with Gasteiger partial charge in [-0.05, 0) is 75.6 Å². The van der Waals surface area contributed by atoms with Gasteiger partial charge in [-0.3, -0.25) is 4.79 Å². The van der Waals surface area contributed by atoms with E-state index in [1.807, 2.05) is 0 Å². The molecular formula is C26H35N5O4. The smallest absolute Gasteiger partial charge is 0.326 e. The number of amides is 1. The van der Waals surface area contributed by atoms with Crippen molar-refractivity contribution in [3.8, 4) is 5.88 Å². The molecule has 1 aliphatic heterocycles. The number of carboxylic acids is 1. The van der Waals surface area contributed by atoms with E-state index in [1.54, 1.807) is 18.2 Å². The zero-order valence-electron chi connectivity index (χ0n) is 20.3. The number of carboxylic acid groups (broad SMARTS) is 1. The van der Waals surface area contributed by atoms with E-state index in [-0.39, 0.29) is 5.69 Å². The maximum Gasteiger partial charge on any atom is 0.326 e. The van der Waals surface area contributed by atoms with E-state index < -0.39 is 17.9 Å². The van der Waals surface area contributed by atoms with E-state index in [4.69, 9.17) is 9.72 Å². The van der Waals surface area contributed by atoms with E-state index in [2.05, 4.69) is 32.7 Å². The number of pyridine rings is 2. The average Bonchev–Trinajstić information content (AvgIpc) is 3.72. The second-order valence-corrected chi connectivity index (χ2v) is 9.28. The van der Waals surface area contributed by atoms with Gasteiger partial charge in [0, 0.05) is 30.9 Å². The first-order valence-corrected chi connectivity index (χ1v) is 12.5. The Bertz CT molecular complexity index is 1030. The molecule has 35 heavy (non-hydrogen) atoms. The van der Waals surface area contributed by atoms with Gasteiger partial charge < -0.3 is 25.4 Å². The molecule has 0 unspecified atom stereocenters. The van der Waals surface area contributed by atoms with Gasteiger partial charge in [0.05, 0.1) is 7.11 Å². The highest BCUT2D eigenvalue weighted by atomic mass is 16.5. The lowest BCUT2D eigenvalue weighted by Crippen LogP contribution is -2.43. The van der Waals surface area contributed by atoms with Crippen molar-refractivity contribution >= 4 is 17.7 Å². The van der Waals surface area contributed by atoms with Crippen LogP contribution in [0.1, 0.15) is 60.3 Å². The van der Waals surface area contributed by atoms with Gasteiger partial charge in [-0.2, -0.15) is 0 Å². The number of nitrogens with one attached hydrogen (secondary N) is 2. The van der Waals surface area contributed by atoms with E-state index in [0.717, 1.165) is 69.5 Å². The lowest BCUT2D eigenvalue weighted by atomic mass is 10.1. The van der Waals surface area contributed by atoms with Crippen LogP contribution in [0.4, 0.5) is 5.82 Å². The molecule has 0 bridgehead atoms. The molecule has 4 rings (SSSR count). The number of anilines is 1. The number of ether oxygens (including phenoxy) is 1. The molecule has 2 aliphatic rings. The van der Waals surface area contributed by atoms with Crippen molar-refractivity contribution in [2.75, 3.05) is 32.1 Å². The van der Waals surface area contributed by atoms with Gasteiger partial charge in [-0.25, -0.2) is 14.8 Å². The van der Waals surface area contributed by atoms with Crippen LogP contribution in [0.2, 0.25) is 0 Å². The number of aliphatic carboxylic acids is 1. The van der Waals surface area contributed by atoms with Crippen molar-refractivity contribution in [1.82, 2.24) is 20.2 Å². The predicted octanol–water partition coefficient (Wildman–Crippen LogP) is 2.90. The third-order valence-corrected chi connectivity index (χ3v) is 6.62. The molecule has 1 aliphatic carbocycles. The molecule has 2 aromatic rings. The highest BCUT2D eigenvalue weighted by molar-refractivity contribution is 5.95. The monoisotopic (exact) mass is 481 g/mol. The van der Waals surface area contributed by atoms with Crippen LogP contribution in [-0.4, -0.2) is 70.7 Å². The molecule has 0 radical (unpaired) electrons. The van der Waals surface area contributed by atoms with Crippen molar-refractivity contribution in [3.05, 3.63) is 47.3 Å². The highest BCUT2D eigenvalue weighted by Gasteiger charge is 2.30. The summed E-state index contributed by atoms with van der Waals surface area (Å²) in [7, 11) is 1.47. The number of unbranched alkanes of at least 4 members (excludes halogenated alkanes) is 1. The number of fused-ring (bicyclic) bond motifs is 1. The fourth-order valence-electron chi connectivity index (χ4n) is 4.49. The third kappa shape index (κ3) is 7.14. The van der Waals surface area contributed by atoms with Crippen molar-refractivity contribution in [1.29, 1.82) is 0 Å². The standard InChI is InChI=1S/C26H35N5O4/c1-35-23-9-4-8-21(29-23)25(32)30-22(26(33)34)14-17-31(20-12-13-20)16-3-2-7-19-11-10-18-6-5-15-27-24(18)28-19/h4,8-11,20,22H,2-3,5-7,12-17H2,1H3,(H,27,28)(H,30,32)(H,33,34)/t22-/m0/s1. The van der Waals surface area contributed by atoms with Gasteiger partial charge in [-0.1, -0.05) is 12.1 Å². The molecule has 3 heterocycles. The minimum atomic E-state index is -1.04. The minimum Gasteiger partial charge on any atom is -0.481 e. The Balaban J connectivity index is 1.24. The Kier molecular flexibility index (Phi) is 8.52. The minimum absolute atomic E-state index is 0.139. The van der Waals surface area contributed by atoms with Gasteiger partial charge in [0.25, 0.3) is 5.91 Å². The summed E-state index contributed by atoms with van der Waals surface area (Å²) in [6.07, 6.45) is 7.91. The second-order valence-electron chi connectivity index (χ2n) is 9.28. The van der Waals surface area contributed by atoms with Crippen molar-refractivity contribution in [3.63, 3.8) is 0 Å². The number of carbonyl (C=O) groups excluding carboxylic acids is 1. The Morgan fingerprint density at radius 1 is 1.20 bits per heavy atom. The Labute approximate surface area is 206 Å². The molecule has 1 fully saturated rings. The maximum absolute atomic E-state index is 12.5. The Morgan fingerprint density at radius 3 is 2.83 bits per heavy atom. The molecule has 1 atom stereocenters.